The number of aliphatic hydroxyl groups is 1. The van der Waals surface area contributed by atoms with Crippen molar-refractivity contribution >= 4 is 17.1 Å². The summed E-state index contributed by atoms with van der Waals surface area (Å²) in [6.45, 7) is 1.35. The van der Waals surface area contributed by atoms with E-state index in [1.165, 1.54) is 33.2 Å². The zero-order valence-electron chi connectivity index (χ0n) is 22.3. The lowest BCUT2D eigenvalue weighted by molar-refractivity contribution is -0.684. The first kappa shape index (κ1) is 28.4. The summed E-state index contributed by atoms with van der Waals surface area (Å²) in [7, 11) is 0. The van der Waals surface area contributed by atoms with Crippen molar-refractivity contribution in [3.8, 4) is 23.4 Å². The summed E-state index contributed by atoms with van der Waals surface area (Å²) in [5, 5.41) is 36.7. The van der Waals surface area contributed by atoms with Crippen LogP contribution in [-0.2, 0) is 18.7 Å². The van der Waals surface area contributed by atoms with Crippen LogP contribution >= 0.6 is 11.3 Å². The Hall–Kier alpha value is -5.10. The van der Waals surface area contributed by atoms with Crippen LogP contribution in [0.5, 0.6) is 0 Å². The van der Waals surface area contributed by atoms with Gasteiger partial charge in [0.15, 0.2) is 5.78 Å². The predicted molar refractivity (Wildman–Crippen MR) is 149 cm³/mol. The van der Waals surface area contributed by atoms with Crippen molar-refractivity contribution in [2.24, 2.45) is 0 Å². The van der Waals surface area contributed by atoms with Crippen molar-refractivity contribution in [2.45, 2.75) is 31.5 Å². The van der Waals surface area contributed by atoms with E-state index in [1.54, 1.807) is 60.8 Å². The van der Waals surface area contributed by atoms with Gasteiger partial charge in [-0.15, -0.1) is 16.0 Å². The number of carbonyl (C=O) groups is 1. The van der Waals surface area contributed by atoms with Crippen LogP contribution in [0.4, 0.5) is 8.78 Å². The highest BCUT2D eigenvalue weighted by Crippen LogP contribution is 2.41. The topological polar surface area (TPSA) is 119 Å². The van der Waals surface area contributed by atoms with E-state index in [1.807, 2.05) is 6.07 Å². The van der Waals surface area contributed by atoms with Gasteiger partial charge in [0.05, 0.1) is 34.0 Å². The van der Waals surface area contributed by atoms with E-state index in [2.05, 4.69) is 16.2 Å². The molecule has 0 aliphatic heterocycles. The minimum absolute atomic E-state index is 0.0609. The van der Waals surface area contributed by atoms with E-state index in [0.717, 1.165) is 23.8 Å². The second-order valence-electron chi connectivity index (χ2n) is 9.76. The molecule has 5 rings (SSSR count). The molecule has 0 unspecified atom stereocenters. The highest BCUT2D eigenvalue weighted by atomic mass is 32.1. The van der Waals surface area contributed by atoms with Crippen LogP contribution in [0.3, 0.4) is 0 Å². The Kier molecular flexibility index (Phi) is 7.98. The van der Waals surface area contributed by atoms with Crippen LogP contribution in [0.2, 0.25) is 0 Å². The third-order valence-electron chi connectivity index (χ3n) is 7.01. The van der Waals surface area contributed by atoms with Crippen LogP contribution < -0.4 is 4.57 Å². The molecule has 0 amide bonds. The number of halogens is 2. The molecule has 0 spiro atoms. The molecule has 11 heteroatoms. The van der Waals surface area contributed by atoms with Crippen molar-refractivity contribution in [1.29, 1.82) is 10.5 Å². The molecule has 0 bridgehead atoms. The molecule has 2 aromatic heterocycles. The normalized spacial score (nSPS) is 13.1. The van der Waals surface area contributed by atoms with Gasteiger partial charge in [-0.3, -0.25) is 4.79 Å². The van der Waals surface area contributed by atoms with Crippen molar-refractivity contribution in [1.82, 2.24) is 14.8 Å². The Morgan fingerprint density at radius 3 is 2.40 bits per heavy atom. The van der Waals surface area contributed by atoms with Crippen LogP contribution in [-0.4, -0.2) is 25.7 Å². The predicted octanol–water partition coefficient (Wildman–Crippen LogP) is 4.89. The van der Waals surface area contributed by atoms with Crippen molar-refractivity contribution in [3.63, 3.8) is 0 Å². The van der Waals surface area contributed by atoms with Crippen molar-refractivity contribution < 1.29 is 23.2 Å². The Morgan fingerprint density at radius 2 is 1.74 bits per heavy atom. The number of hydrogen-bond acceptors (Lipinski definition) is 7. The molecule has 5 aromatic rings. The Bertz CT molecular complexity index is 1840. The van der Waals surface area contributed by atoms with Crippen LogP contribution in [0.25, 0.3) is 11.3 Å². The highest BCUT2D eigenvalue weighted by molar-refractivity contribution is 7.10. The van der Waals surface area contributed by atoms with Gasteiger partial charge in [0.2, 0.25) is 6.33 Å². The zero-order valence-corrected chi connectivity index (χ0v) is 23.1. The van der Waals surface area contributed by atoms with Gasteiger partial charge in [0, 0.05) is 33.1 Å². The van der Waals surface area contributed by atoms with Crippen molar-refractivity contribution in [2.75, 3.05) is 0 Å². The summed E-state index contributed by atoms with van der Waals surface area (Å²) in [6.07, 6.45) is 2.90. The summed E-state index contributed by atoms with van der Waals surface area (Å²) in [6, 6.07) is 20.1. The summed E-state index contributed by atoms with van der Waals surface area (Å²) < 4.78 is 32.3. The molecular formula is C31H23F2N6O2S+. The number of rotatable bonds is 9. The molecule has 0 radical (unpaired) electrons. The van der Waals surface area contributed by atoms with Crippen LogP contribution in [0.1, 0.15) is 44.9 Å². The molecule has 0 aliphatic rings. The second kappa shape index (κ2) is 11.8. The Labute approximate surface area is 244 Å². The van der Waals surface area contributed by atoms with Crippen LogP contribution in [0.15, 0.2) is 84.8 Å². The number of aromatic nitrogens is 4. The maximum absolute atomic E-state index is 15.1. The molecular weight excluding hydrogens is 558 g/mol. The lowest BCUT2D eigenvalue weighted by Gasteiger charge is -2.32. The first-order chi connectivity index (χ1) is 20.2. The maximum Gasteiger partial charge on any atom is 0.265 e. The zero-order chi connectivity index (χ0) is 29.9. The molecule has 42 heavy (non-hydrogen) atoms. The van der Waals surface area contributed by atoms with E-state index in [4.69, 9.17) is 10.5 Å². The average Bonchev–Trinajstić information content (AvgIpc) is 3.68. The minimum atomic E-state index is -1.98. The minimum Gasteiger partial charge on any atom is -0.381 e. The molecule has 208 valence electrons. The molecule has 2 atom stereocenters. The van der Waals surface area contributed by atoms with E-state index in [0.29, 0.717) is 27.4 Å². The number of thiazole rings is 1. The van der Waals surface area contributed by atoms with Gasteiger partial charge in [-0.25, -0.2) is 18.3 Å². The number of nitriles is 2. The molecule has 2 heterocycles. The number of ketones is 1. The van der Waals surface area contributed by atoms with Gasteiger partial charge in [0.25, 0.3) is 6.33 Å². The molecule has 0 aliphatic carbocycles. The maximum atomic E-state index is 15.1. The van der Waals surface area contributed by atoms with E-state index in [-0.39, 0.29) is 24.4 Å². The third kappa shape index (κ3) is 5.84. The summed E-state index contributed by atoms with van der Waals surface area (Å²) in [5.74, 6) is -2.52. The fraction of sp³-hybridized carbons (Fsp3) is 0.161. The number of Topliss-reactive ketones (excluding diaryl/α,β-unsaturated/α-hetero) is 1. The second-order valence-corrected chi connectivity index (χ2v) is 10.6. The van der Waals surface area contributed by atoms with Gasteiger partial charge in [-0.2, -0.15) is 10.5 Å². The quantitative estimate of drug-likeness (QED) is 0.196. The van der Waals surface area contributed by atoms with Gasteiger partial charge in [-0.1, -0.05) is 19.1 Å². The summed E-state index contributed by atoms with van der Waals surface area (Å²) >= 11 is 1.27. The lowest BCUT2D eigenvalue weighted by Crippen LogP contribution is -2.39. The van der Waals surface area contributed by atoms with Gasteiger partial charge >= 0.3 is 0 Å². The third-order valence-corrected chi connectivity index (χ3v) is 8.04. The lowest BCUT2D eigenvalue weighted by atomic mass is 9.82. The number of nitrogens with zero attached hydrogens (tertiary/aromatic N) is 6. The first-order valence-electron chi connectivity index (χ1n) is 12.8. The van der Waals surface area contributed by atoms with Crippen LogP contribution in [0, 0.1) is 34.3 Å². The highest BCUT2D eigenvalue weighted by Gasteiger charge is 2.43. The first-order valence-corrected chi connectivity index (χ1v) is 13.7. The fourth-order valence-electron chi connectivity index (χ4n) is 4.59. The van der Waals surface area contributed by atoms with E-state index < -0.39 is 23.2 Å². The average molecular weight is 582 g/mol. The Balaban J connectivity index is 1.44. The number of hydrogen-bond donors (Lipinski definition) is 1. The fourth-order valence-corrected chi connectivity index (χ4v) is 5.56. The molecule has 3 aromatic carbocycles. The standard InChI is InChI=1S/C31H23F2N6O2S/c1-20(30-37-28(16-42-30)23-6-2-21(13-34)3-7-23)31(41,26-12-25(32)10-11-27(26)33)17-39-19-38(18-36-39)15-29(40)24-8-4-22(14-35)5-9-24/h2-12,16,18-20,41H,15,17H2,1H3/q+1/t20-,31+/m0/s1. The van der Waals surface area contributed by atoms with Gasteiger partial charge in [-0.05, 0) is 54.6 Å². The number of benzene rings is 3. The Morgan fingerprint density at radius 1 is 1.07 bits per heavy atom. The van der Waals surface area contributed by atoms with Crippen molar-refractivity contribution in [3.05, 3.63) is 124 Å². The smallest absolute Gasteiger partial charge is 0.265 e. The van der Waals surface area contributed by atoms with E-state index in [9.17, 15) is 14.3 Å². The molecule has 0 fully saturated rings. The molecule has 0 saturated heterocycles. The molecule has 0 saturated carbocycles. The largest absolute Gasteiger partial charge is 0.381 e. The molecule has 1 N–H and O–H groups in total. The number of carbonyl (C=O) groups excluding carboxylic acids is 1. The summed E-state index contributed by atoms with van der Waals surface area (Å²) in [5.41, 5.74) is 0.523. The monoisotopic (exact) mass is 581 g/mol. The van der Waals surface area contributed by atoms with E-state index >= 15 is 4.39 Å². The molecule has 8 nitrogen and oxygen atoms in total. The SMILES string of the molecule is C[C@@H](c1nc(-c2ccc(C#N)cc2)cs1)[C@](O)(Cn1c[n+](CC(=O)c2ccc(C#N)cc2)cn1)c1cc(F)ccc1F. The van der Waals surface area contributed by atoms with Gasteiger partial charge in [0.1, 0.15) is 30.3 Å². The van der Waals surface area contributed by atoms with Gasteiger partial charge < -0.3 is 5.11 Å². The summed E-state index contributed by atoms with van der Waals surface area (Å²) in [4.78, 5) is 17.4.